The van der Waals surface area contributed by atoms with Gasteiger partial charge in [0.25, 0.3) is 0 Å². The number of furan rings is 1. The first-order valence-electron chi connectivity index (χ1n) is 5.98. The van der Waals surface area contributed by atoms with Gasteiger partial charge in [0.05, 0.1) is 7.11 Å². The van der Waals surface area contributed by atoms with Gasteiger partial charge in [-0.1, -0.05) is 11.6 Å². The van der Waals surface area contributed by atoms with E-state index in [1.165, 1.54) is 16.9 Å². The van der Waals surface area contributed by atoms with E-state index in [0.29, 0.717) is 5.76 Å². The highest BCUT2D eigenvalue weighted by Gasteiger charge is 2.17. The van der Waals surface area contributed by atoms with Crippen LogP contribution in [-0.2, 0) is 0 Å². The predicted molar refractivity (Wildman–Crippen MR) is 75.9 cm³/mol. The molecule has 0 amide bonds. The van der Waals surface area contributed by atoms with Gasteiger partial charge in [-0.05, 0) is 31.2 Å². The molecule has 98 valence electrons. The fourth-order valence-corrected chi connectivity index (χ4v) is 2.89. The molecule has 2 aromatic heterocycles. The molecule has 2 heterocycles. The first-order valence-corrected chi connectivity index (χ1v) is 6.86. The molecule has 0 saturated heterocycles. The molecule has 0 aliphatic rings. The molecule has 0 spiro atoms. The largest absolute Gasteiger partial charge is 0.496 e. The van der Waals surface area contributed by atoms with Gasteiger partial charge in [0.1, 0.15) is 23.2 Å². The monoisotopic (exact) mass is 274 g/mol. The Morgan fingerprint density at radius 3 is 2.84 bits per heavy atom. The Balaban J connectivity index is 1.98. The third kappa shape index (κ3) is 2.25. The van der Waals surface area contributed by atoms with Crippen LogP contribution >= 0.6 is 11.3 Å². The van der Waals surface area contributed by atoms with E-state index in [4.69, 9.17) is 9.15 Å². The molecule has 1 atom stereocenters. The minimum absolute atomic E-state index is 0.560. The molecule has 1 aromatic carbocycles. The van der Waals surface area contributed by atoms with E-state index < -0.39 is 6.10 Å². The molecule has 0 fully saturated rings. The Bertz CT molecular complexity index is 711. The number of rotatable bonds is 3. The number of aliphatic hydroxyl groups excluding tert-OH is 1. The molecular weight excluding hydrogens is 260 g/mol. The standard InChI is InChI=1S/C15H14O3S/c1-9-3-4-12-10(5-9)6-13(18-12)15(16)14-7-11(17-2)8-19-14/h3-8,15-16H,1-2H3. The van der Waals surface area contributed by atoms with Crippen LogP contribution in [0.5, 0.6) is 5.75 Å². The molecule has 0 bridgehead atoms. The molecule has 1 N–H and O–H groups in total. The number of thiophene rings is 1. The van der Waals surface area contributed by atoms with Gasteiger partial charge in [0, 0.05) is 15.6 Å². The molecule has 3 rings (SSSR count). The summed E-state index contributed by atoms with van der Waals surface area (Å²) in [5.41, 5.74) is 1.97. The first kappa shape index (κ1) is 12.3. The highest BCUT2D eigenvalue weighted by Crippen LogP contribution is 2.33. The van der Waals surface area contributed by atoms with Crippen molar-refractivity contribution in [3.63, 3.8) is 0 Å². The predicted octanol–water partition coefficient (Wildman–Crippen LogP) is 3.89. The van der Waals surface area contributed by atoms with Crippen molar-refractivity contribution in [3.8, 4) is 5.75 Å². The van der Waals surface area contributed by atoms with Crippen LogP contribution < -0.4 is 4.74 Å². The van der Waals surface area contributed by atoms with E-state index in [1.807, 2.05) is 42.6 Å². The lowest BCUT2D eigenvalue weighted by atomic mass is 10.1. The number of aryl methyl sites for hydroxylation is 1. The van der Waals surface area contributed by atoms with Crippen molar-refractivity contribution in [3.05, 3.63) is 51.9 Å². The minimum atomic E-state index is -0.749. The average Bonchev–Trinajstić information content (AvgIpc) is 3.03. The lowest BCUT2D eigenvalue weighted by molar-refractivity contribution is 0.195. The Labute approximate surface area is 115 Å². The van der Waals surface area contributed by atoms with Crippen LogP contribution in [0.2, 0.25) is 0 Å². The Morgan fingerprint density at radius 1 is 1.26 bits per heavy atom. The zero-order chi connectivity index (χ0) is 13.4. The highest BCUT2D eigenvalue weighted by atomic mass is 32.1. The number of hydrogen-bond donors (Lipinski definition) is 1. The second kappa shape index (κ2) is 4.72. The van der Waals surface area contributed by atoms with Crippen LogP contribution in [0.15, 0.2) is 40.1 Å². The maximum Gasteiger partial charge on any atom is 0.146 e. The maximum atomic E-state index is 10.3. The topological polar surface area (TPSA) is 42.6 Å². The van der Waals surface area contributed by atoms with E-state index in [9.17, 15) is 5.11 Å². The van der Waals surface area contributed by atoms with Crippen LogP contribution in [0.3, 0.4) is 0 Å². The Hall–Kier alpha value is -1.78. The second-order valence-electron chi connectivity index (χ2n) is 4.48. The van der Waals surface area contributed by atoms with Crippen molar-refractivity contribution in [1.82, 2.24) is 0 Å². The minimum Gasteiger partial charge on any atom is -0.496 e. The van der Waals surface area contributed by atoms with Crippen LogP contribution in [-0.4, -0.2) is 12.2 Å². The SMILES string of the molecule is COc1csc(C(O)c2cc3cc(C)ccc3o2)c1. The summed E-state index contributed by atoms with van der Waals surface area (Å²) in [6.07, 6.45) is -0.749. The Kier molecular flexibility index (Phi) is 3.05. The second-order valence-corrected chi connectivity index (χ2v) is 5.42. The third-order valence-electron chi connectivity index (χ3n) is 3.06. The molecule has 0 radical (unpaired) electrons. The lowest BCUT2D eigenvalue weighted by Crippen LogP contribution is -1.94. The number of ether oxygens (including phenoxy) is 1. The molecule has 0 saturated carbocycles. The summed E-state index contributed by atoms with van der Waals surface area (Å²) >= 11 is 1.46. The van der Waals surface area contributed by atoms with Gasteiger partial charge < -0.3 is 14.3 Å². The molecule has 3 aromatic rings. The van der Waals surface area contributed by atoms with Crippen LogP contribution in [0.25, 0.3) is 11.0 Å². The molecule has 3 nitrogen and oxygen atoms in total. The average molecular weight is 274 g/mol. The van der Waals surface area contributed by atoms with E-state index in [1.54, 1.807) is 7.11 Å². The molecular formula is C15H14O3S. The van der Waals surface area contributed by atoms with Crippen molar-refractivity contribution >= 4 is 22.3 Å². The van der Waals surface area contributed by atoms with Crippen LogP contribution in [0.4, 0.5) is 0 Å². The van der Waals surface area contributed by atoms with Crippen molar-refractivity contribution < 1.29 is 14.3 Å². The van der Waals surface area contributed by atoms with E-state index in [-0.39, 0.29) is 0 Å². The quantitative estimate of drug-likeness (QED) is 0.787. The lowest BCUT2D eigenvalue weighted by Gasteiger charge is -2.03. The number of aliphatic hydroxyl groups is 1. The first-order chi connectivity index (χ1) is 9.17. The van der Waals surface area contributed by atoms with E-state index in [2.05, 4.69) is 0 Å². The zero-order valence-corrected chi connectivity index (χ0v) is 11.5. The summed E-state index contributed by atoms with van der Waals surface area (Å²) in [6, 6.07) is 9.68. The van der Waals surface area contributed by atoms with Gasteiger partial charge in [-0.2, -0.15) is 0 Å². The summed E-state index contributed by atoms with van der Waals surface area (Å²) in [7, 11) is 1.61. The third-order valence-corrected chi connectivity index (χ3v) is 4.02. The molecule has 1 unspecified atom stereocenters. The van der Waals surface area contributed by atoms with E-state index in [0.717, 1.165) is 21.6 Å². The van der Waals surface area contributed by atoms with Crippen molar-refractivity contribution in [2.45, 2.75) is 13.0 Å². The Morgan fingerprint density at radius 2 is 2.11 bits per heavy atom. The smallest absolute Gasteiger partial charge is 0.146 e. The summed E-state index contributed by atoms with van der Waals surface area (Å²) in [5.74, 6) is 1.32. The molecule has 0 aliphatic heterocycles. The summed E-state index contributed by atoms with van der Waals surface area (Å²) in [5, 5.41) is 13.2. The van der Waals surface area contributed by atoms with Crippen molar-refractivity contribution in [1.29, 1.82) is 0 Å². The highest BCUT2D eigenvalue weighted by molar-refractivity contribution is 7.10. The van der Waals surface area contributed by atoms with E-state index >= 15 is 0 Å². The van der Waals surface area contributed by atoms with Gasteiger partial charge in [-0.3, -0.25) is 0 Å². The molecule has 4 heteroatoms. The summed E-state index contributed by atoms with van der Waals surface area (Å²) in [4.78, 5) is 0.813. The molecule has 19 heavy (non-hydrogen) atoms. The van der Waals surface area contributed by atoms with Gasteiger partial charge in [-0.15, -0.1) is 11.3 Å². The fraction of sp³-hybridized carbons (Fsp3) is 0.200. The number of hydrogen-bond acceptors (Lipinski definition) is 4. The zero-order valence-electron chi connectivity index (χ0n) is 10.7. The fourth-order valence-electron chi connectivity index (χ4n) is 2.04. The van der Waals surface area contributed by atoms with Crippen LogP contribution in [0, 0.1) is 6.92 Å². The van der Waals surface area contributed by atoms with Crippen molar-refractivity contribution in [2.24, 2.45) is 0 Å². The maximum absolute atomic E-state index is 10.3. The number of methoxy groups -OCH3 is 1. The summed E-state index contributed by atoms with van der Waals surface area (Å²) < 4.78 is 10.8. The normalized spacial score (nSPS) is 12.8. The number of fused-ring (bicyclic) bond motifs is 1. The number of benzene rings is 1. The summed E-state index contributed by atoms with van der Waals surface area (Å²) in [6.45, 7) is 2.03. The van der Waals surface area contributed by atoms with Gasteiger partial charge in [0.15, 0.2) is 0 Å². The molecule has 0 aliphatic carbocycles. The van der Waals surface area contributed by atoms with Gasteiger partial charge >= 0.3 is 0 Å². The van der Waals surface area contributed by atoms with Gasteiger partial charge in [-0.25, -0.2) is 0 Å². The van der Waals surface area contributed by atoms with Crippen LogP contribution in [0.1, 0.15) is 22.3 Å². The van der Waals surface area contributed by atoms with Gasteiger partial charge in [0.2, 0.25) is 0 Å². The van der Waals surface area contributed by atoms with Crippen molar-refractivity contribution in [2.75, 3.05) is 7.11 Å².